The lowest BCUT2D eigenvalue weighted by Gasteiger charge is -2.09. The van der Waals surface area contributed by atoms with Gasteiger partial charge in [-0.3, -0.25) is 9.59 Å². The normalized spacial score (nSPS) is 10.7. The molecule has 0 saturated heterocycles. The van der Waals surface area contributed by atoms with Crippen molar-refractivity contribution < 1.29 is 9.53 Å². The molecule has 2 heterocycles. The van der Waals surface area contributed by atoms with Crippen molar-refractivity contribution in [1.29, 1.82) is 0 Å². The summed E-state index contributed by atoms with van der Waals surface area (Å²) >= 11 is 1.54. The van der Waals surface area contributed by atoms with Crippen LogP contribution in [0.25, 0.3) is 10.6 Å². The molecule has 4 rings (SSSR count). The Balaban J connectivity index is 1.36. The van der Waals surface area contributed by atoms with Gasteiger partial charge in [0.25, 0.3) is 11.5 Å². The summed E-state index contributed by atoms with van der Waals surface area (Å²) in [4.78, 5) is 30.0. The van der Waals surface area contributed by atoms with Gasteiger partial charge in [0.2, 0.25) is 0 Å². The fourth-order valence-corrected chi connectivity index (χ4v) is 4.06. The van der Waals surface area contributed by atoms with E-state index in [1.165, 1.54) is 10.7 Å². The third kappa shape index (κ3) is 5.09. The van der Waals surface area contributed by atoms with E-state index in [0.717, 1.165) is 21.3 Å². The number of rotatable bonds is 7. The Bertz CT molecular complexity index is 1280. The molecule has 8 heteroatoms. The first-order chi connectivity index (χ1) is 15.5. The van der Waals surface area contributed by atoms with Gasteiger partial charge in [-0.25, -0.2) is 9.67 Å². The van der Waals surface area contributed by atoms with Crippen molar-refractivity contribution in [2.45, 2.75) is 20.4 Å². The highest BCUT2D eigenvalue weighted by atomic mass is 32.1. The summed E-state index contributed by atoms with van der Waals surface area (Å²) in [5, 5.41) is 8.22. The second-order valence-corrected chi connectivity index (χ2v) is 8.33. The number of carbonyl (C=O) groups is 1. The molecule has 7 nitrogen and oxygen atoms in total. The average Bonchev–Trinajstić information content (AvgIpc) is 3.14. The van der Waals surface area contributed by atoms with Crippen molar-refractivity contribution in [2.24, 2.45) is 0 Å². The Kier molecular flexibility index (Phi) is 6.42. The number of benzene rings is 2. The van der Waals surface area contributed by atoms with Crippen LogP contribution >= 0.6 is 11.3 Å². The Labute approximate surface area is 189 Å². The Hall–Kier alpha value is -3.78. The zero-order valence-corrected chi connectivity index (χ0v) is 18.6. The maximum absolute atomic E-state index is 12.5. The lowest BCUT2D eigenvalue weighted by atomic mass is 10.2. The molecule has 0 saturated carbocycles. The monoisotopic (exact) mass is 446 g/mol. The van der Waals surface area contributed by atoms with E-state index in [1.54, 1.807) is 41.7 Å². The molecule has 0 radical (unpaired) electrons. The number of nitrogens with one attached hydrogen (secondary N) is 1. The minimum absolute atomic E-state index is 0.218. The van der Waals surface area contributed by atoms with Crippen LogP contribution in [-0.2, 0) is 6.54 Å². The highest BCUT2D eigenvalue weighted by Gasteiger charge is 2.11. The standard InChI is InChI=1S/C24H22N4O3S/c1-16-23(32-17(2)26-16)21-12-13-22(29)28(27-21)15-14-25-24(30)18-8-10-20(11-9-18)31-19-6-4-3-5-7-19/h3-13H,14-15H2,1-2H3,(H,25,30). The molecule has 2 aromatic carbocycles. The molecule has 2 aromatic heterocycles. The predicted octanol–water partition coefficient (Wildman–Crippen LogP) is 4.21. The van der Waals surface area contributed by atoms with Crippen LogP contribution in [0.1, 0.15) is 21.1 Å². The first-order valence-corrected chi connectivity index (χ1v) is 10.9. The lowest BCUT2D eigenvalue weighted by molar-refractivity contribution is 0.0951. The van der Waals surface area contributed by atoms with Crippen LogP contribution < -0.4 is 15.6 Å². The molecule has 0 spiro atoms. The van der Waals surface area contributed by atoms with Gasteiger partial charge in [-0.05, 0) is 56.3 Å². The van der Waals surface area contributed by atoms with E-state index >= 15 is 0 Å². The van der Waals surface area contributed by atoms with Crippen LogP contribution in [0.15, 0.2) is 71.5 Å². The number of amides is 1. The van der Waals surface area contributed by atoms with Gasteiger partial charge in [-0.15, -0.1) is 11.3 Å². The highest BCUT2D eigenvalue weighted by molar-refractivity contribution is 7.15. The number of hydrogen-bond donors (Lipinski definition) is 1. The van der Waals surface area contributed by atoms with Crippen molar-refractivity contribution in [2.75, 3.05) is 6.54 Å². The summed E-state index contributed by atoms with van der Waals surface area (Å²) in [6.07, 6.45) is 0. The lowest BCUT2D eigenvalue weighted by Crippen LogP contribution is -2.31. The molecule has 4 aromatic rings. The third-order valence-electron chi connectivity index (χ3n) is 4.71. The number of hydrogen-bond acceptors (Lipinski definition) is 6. The Morgan fingerprint density at radius 3 is 2.41 bits per heavy atom. The number of ether oxygens (including phenoxy) is 1. The van der Waals surface area contributed by atoms with Gasteiger partial charge < -0.3 is 10.1 Å². The van der Waals surface area contributed by atoms with E-state index < -0.39 is 0 Å². The maximum Gasteiger partial charge on any atom is 0.266 e. The fourth-order valence-electron chi connectivity index (χ4n) is 3.18. The summed E-state index contributed by atoms with van der Waals surface area (Å²) in [5.74, 6) is 1.15. The minimum Gasteiger partial charge on any atom is -0.457 e. The van der Waals surface area contributed by atoms with Crippen LogP contribution in [0.4, 0.5) is 0 Å². The highest BCUT2D eigenvalue weighted by Crippen LogP contribution is 2.27. The number of nitrogens with zero attached hydrogens (tertiary/aromatic N) is 3. The van der Waals surface area contributed by atoms with Crippen molar-refractivity contribution in [3.8, 4) is 22.1 Å². The molecular formula is C24H22N4O3S. The summed E-state index contributed by atoms with van der Waals surface area (Å²) in [7, 11) is 0. The zero-order chi connectivity index (χ0) is 22.5. The van der Waals surface area contributed by atoms with Crippen LogP contribution in [0.2, 0.25) is 0 Å². The summed E-state index contributed by atoms with van der Waals surface area (Å²) < 4.78 is 7.10. The first-order valence-electron chi connectivity index (χ1n) is 10.1. The van der Waals surface area contributed by atoms with Gasteiger partial charge in [-0.1, -0.05) is 18.2 Å². The second-order valence-electron chi connectivity index (χ2n) is 7.12. The molecule has 1 amide bonds. The van der Waals surface area contributed by atoms with Crippen LogP contribution in [0.3, 0.4) is 0 Å². The van der Waals surface area contributed by atoms with Crippen LogP contribution in [-0.4, -0.2) is 27.2 Å². The molecule has 0 fully saturated rings. The SMILES string of the molecule is Cc1nc(C)c(-c2ccc(=O)n(CCNC(=O)c3ccc(Oc4ccccc4)cc3)n2)s1. The molecule has 0 aliphatic heterocycles. The van der Waals surface area contributed by atoms with Crippen molar-refractivity contribution in [1.82, 2.24) is 20.1 Å². The molecule has 0 bridgehead atoms. The minimum atomic E-state index is -0.227. The summed E-state index contributed by atoms with van der Waals surface area (Å²) in [5.41, 5.74) is 1.88. The van der Waals surface area contributed by atoms with Gasteiger partial charge in [-0.2, -0.15) is 5.10 Å². The molecule has 0 aliphatic rings. The zero-order valence-electron chi connectivity index (χ0n) is 17.7. The first kappa shape index (κ1) is 21.5. The molecule has 162 valence electrons. The quantitative estimate of drug-likeness (QED) is 0.460. The van der Waals surface area contributed by atoms with E-state index in [-0.39, 0.29) is 24.6 Å². The van der Waals surface area contributed by atoms with Gasteiger partial charge >= 0.3 is 0 Å². The number of para-hydroxylation sites is 1. The average molecular weight is 447 g/mol. The summed E-state index contributed by atoms with van der Waals surface area (Å²) in [6.45, 7) is 4.40. The van der Waals surface area contributed by atoms with Crippen LogP contribution in [0.5, 0.6) is 11.5 Å². The van der Waals surface area contributed by atoms with E-state index in [0.29, 0.717) is 17.0 Å². The Morgan fingerprint density at radius 1 is 1.00 bits per heavy atom. The molecular weight excluding hydrogens is 424 g/mol. The Morgan fingerprint density at radius 2 is 1.72 bits per heavy atom. The van der Waals surface area contributed by atoms with Crippen LogP contribution in [0, 0.1) is 13.8 Å². The van der Waals surface area contributed by atoms with Crippen molar-refractivity contribution >= 4 is 17.2 Å². The largest absolute Gasteiger partial charge is 0.457 e. The molecule has 1 N–H and O–H groups in total. The van der Waals surface area contributed by atoms with Gasteiger partial charge in [0, 0.05) is 18.2 Å². The van der Waals surface area contributed by atoms with Gasteiger partial charge in [0.1, 0.15) is 17.2 Å². The molecule has 0 unspecified atom stereocenters. The third-order valence-corrected chi connectivity index (χ3v) is 5.80. The topological polar surface area (TPSA) is 86.1 Å². The van der Waals surface area contributed by atoms with E-state index in [1.807, 2.05) is 44.2 Å². The molecule has 0 aliphatic carbocycles. The molecule has 32 heavy (non-hydrogen) atoms. The van der Waals surface area contributed by atoms with E-state index in [2.05, 4.69) is 15.4 Å². The fraction of sp³-hybridized carbons (Fsp3) is 0.167. The molecule has 0 atom stereocenters. The summed E-state index contributed by atoms with van der Waals surface area (Å²) in [6, 6.07) is 19.5. The van der Waals surface area contributed by atoms with Gasteiger partial charge in [0.05, 0.1) is 22.1 Å². The number of aryl methyl sites for hydroxylation is 2. The van der Waals surface area contributed by atoms with E-state index in [4.69, 9.17) is 4.74 Å². The van der Waals surface area contributed by atoms with Gasteiger partial charge in [0.15, 0.2) is 0 Å². The van der Waals surface area contributed by atoms with Crippen molar-refractivity contribution in [3.05, 3.63) is 93.3 Å². The number of thiazole rings is 1. The number of aromatic nitrogens is 3. The predicted molar refractivity (Wildman–Crippen MR) is 124 cm³/mol. The maximum atomic E-state index is 12.5. The van der Waals surface area contributed by atoms with E-state index in [9.17, 15) is 9.59 Å². The second kappa shape index (κ2) is 9.57. The number of carbonyl (C=O) groups excluding carboxylic acids is 1. The van der Waals surface area contributed by atoms with Crippen molar-refractivity contribution in [3.63, 3.8) is 0 Å². The smallest absolute Gasteiger partial charge is 0.266 e.